The molecule has 2 rings (SSSR count). The Kier molecular flexibility index (Phi) is 10.2. The van der Waals surface area contributed by atoms with Crippen LogP contribution in [-0.2, 0) is 25.4 Å². The number of unbranched alkanes of at least 4 members (excludes halogenated alkanes) is 8. The molecule has 2 heterocycles. The Hall–Kier alpha value is -2.42. The number of rotatable bonds is 14. The van der Waals surface area contributed by atoms with Crippen molar-refractivity contribution in [2.45, 2.75) is 84.2 Å². The first-order valence-corrected chi connectivity index (χ1v) is 11.9. The third-order valence-electron chi connectivity index (χ3n) is 6.08. The maximum atomic E-state index is 12.7. The number of carbonyl (C=O) groups excluding carboxylic acids is 1. The summed E-state index contributed by atoms with van der Waals surface area (Å²) >= 11 is 0. The minimum absolute atomic E-state index is 0.0552. The molecule has 1 amide bonds. The summed E-state index contributed by atoms with van der Waals surface area (Å²) in [5.41, 5.74) is 6.16. The summed E-state index contributed by atoms with van der Waals surface area (Å²) in [6, 6.07) is -0.422. The predicted molar refractivity (Wildman–Crippen MR) is 128 cm³/mol. The highest BCUT2D eigenvalue weighted by Crippen LogP contribution is 2.10. The number of fused-ring (bicyclic) bond motifs is 1. The fraction of sp³-hybridized carbons (Fsp3) is 0.739. The van der Waals surface area contributed by atoms with Gasteiger partial charge in [-0.3, -0.25) is 18.7 Å². The van der Waals surface area contributed by atoms with Crippen LogP contribution < -0.4 is 22.3 Å². The quantitative estimate of drug-likeness (QED) is 0.429. The van der Waals surface area contributed by atoms with Gasteiger partial charge in [-0.1, -0.05) is 58.8 Å². The molecule has 0 saturated heterocycles. The Morgan fingerprint density at radius 3 is 2.16 bits per heavy atom. The number of imidazole rings is 1. The number of carbonyl (C=O) groups is 1. The number of nitrogens with zero attached hydrogens (tertiary/aromatic N) is 4. The van der Waals surface area contributed by atoms with Crippen LogP contribution in [-0.4, -0.2) is 37.2 Å². The molecule has 9 heteroatoms. The lowest BCUT2D eigenvalue weighted by Crippen LogP contribution is -2.44. The second-order valence-corrected chi connectivity index (χ2v) is 9.07. The molecule has 0 aliphatic heterocycles. The van der Waals surface area contributed by atoms with Crippen molar-refractivity contribution < 1.29 is 4.79 Å². The lowest BCUT2D eigenvalue weighted by molar-refractivity contribution is -0.123. The lowest BCUT2D eigenvalue weighted by Gasteiger charge is -2.15. The molecule has 0 bridgehead atoms. The van der Waals surface area contributed by atoms with E-state index in [1.807, 2.05) is 13.8 Å². The SMILES string of the molecule is CC(C)[C@H](N)C(=O)NCCCCCCCCCCCn1c(=O)c2c(ncn2C)n(C)c1=O. The first-order valence-electron chi connectivity index (χ1n) is 11.9. The summed E-state index contributed by atoms with van der Waals surface area (Å²) in [6.45, 7) is 5.04. The van der Waals surface area contributed by atoms with Gasteiger partial charge in [0, 0.05) is 27.2 Å². The van der Waals surface area contributed by atoms with E-state index in [0.29, 0.717) is 24.3 Å². The van der Waals surface area contributed by atoms with Crippen molar-refractivity contribution in [2.24, 2.45) is 25.7 Å². The van der Waals surface area contributed by atoms with E-state index in [1.165, 1.54) is 28.4 Å². The van der Waals surface area contributed by atoms with Crippen molar-refractivity contribution in [1.29, 1.82) is 0 Å². The first-order chi connectivity index (χ1) is 15.3. The summed E-state index contributed by atoms with van der Waals surface area (Å²) in [4.78, 5) is 41.1. The van der Waals surface area contributed by atoms with Crippen LogP contribution in [0.15, 0.2) is 15.9 Å². The smallest absolute Gasteiger partial charge is 0.332 e. The molecule has 2 aromatic heterocycles. The van der Waals surface area contributed by atoms with Crippen molar-refractivity contribution >= 4 is 17.1 Å². The van der Waals surface area contributed by atoms with Gasteiger partial charge in [-0.2, -0.15) is 0 Å². The Morgan fingerprint density at radius 1 is 1.00 bits per heavy atom. The van der Waals surface area contributed by atoms with Gasteiger partial charge in [0.2, 0.25) is 5.91 Å². The van der Waals surface area contributed by atoms with E-state index in [9.17, 15) is 14.4 Å². The van der Waals surface area contributed by atoms with E-state index >= 15 is 0 Å². The molecule has 0 aliphatic rings. The second kappa shape index (κ2) is 12.6. The molecular formula is C23H40N6O3. The molecule has 0 spiro atoms. The number of hydrogen-bond acceptors (Lipinski definition) is 5. The number of nitrogens with one attached hydrogen (secondary N) is 1. The van der Waals surface area contributed by atoms with Crippen molar-refractivity contribution in [3.8, 4) is 0 Å². The monoisotopic (exact) mass is 448 g/mol. The molecule has 9 nitrogen and oxygen atoms in total. The van der Waals surface area contributed by atoms with Gasteiger partial charge < -0.3 is 15.6 Å². The van der Waals surface area contributed by atoms with Gasteiger partial charge in [-0.25, -0.2) is 9.78 Å². The summed E-state index contributed by atoms with van der Waals surface area (Å²) in [5, 5.41) is 2.91. The van der Waals surface area contributed by atoms with E-state index in [4.69, 9.17) is 5.73 Å². The standard InChI is InChI=1S/C23H40N6O3/c1-17(2)18(24)21(30)25-14-12-10-8-6-5-7-9-11-13-15-29-22(31)19-20(26-16-27(19)3)28(4)23(29)32/h16-18H,5-15,24H2,1-4H3,(H,25,30)/t18-/m0/s1. The van der Waals surface area contributed by atoms with Crippen LogP contribution in [0.2, 0.25) is 0 Å². The minimum Gasteiger partial charge on any atom is -0.355 e. The number of nitrogens with two attached hydrogens (primary N) is 1. The van der Waals surface area contributed by atoms with Crippen LogP contribution in [0.5, 0.6) is 0 Å². The minimum atomic E-state index is -0.422. The zero-order valence-electron chi connectivity index (χ0n) is 20.1. The van der Waals surface area contributed by atoms with Crippen LogP contribution >= 0.6 is 0 Å². The van der Waals surface area contributed by atoms with Crippen LogP contribution in [0.4, 0.5) is 0 Å². The fourth-order valence-corrected chi connectivity index (χ4v) is 3.86. The maximum absolute atomic E-state index is 12.7. The number of aromatic nitrogens is 4. The maximum Gasteiger partial charge on any atom is 0.332 e. The van der Waals surface area contributed by atoms with Crippen LogP contribution in [0, 0.1) is 5.92 Å². The second-order valence-electron chi connectivity index (χ2n) is 9.07. The average Bonchev–Trinajstić information content (AvgIpc) is 3.15. The number of hydrogen-bond donors (Lipinski definition) is 2. The highest BCUT2D eigenvalue weighted by Gasteiger charge is 2.16. The zero-order chi connectivity index (χ0) is 23.7. The highest BCUT2D eigenvalue weighted by atomic mass is 16.2. The van der Waals surface area contributed by atoms with Crippen LogP contribution in [0.1, 0.15) is 71.6 Å². The normalized spacial score (nSPS) is 12.6. The van der Waals surface area contributed by atoms with Crippen molar-refractivity contribution in [3.63, 3.8) is 0 Å². The topological polar surface area (TPSA) is 117 Å². The number of amides is 1. The average molecular weight is 449 g/mol. The Morgan fingerprint density at radius 2 is 1.56 bits per heavy atom. The molecule has 0 aromatic carbocycles. The van der Waals surface area contributed by atoms with Crippen molar-refractivity contribution in [1.82, 2.24) is 24.0 Å². The molecule has 0 saturated carbocycles. The fourth-order valence-electron chi connectivity index (χ4n) is 3.86. The molecule has 2 aromatic rings. The van der Waals surface area contributed by atoms with E-state index in [-0.39, 0.29) is 23.1 Å². The zero-order valence-corrected chi connectivity index (χ0v) is 20.1. The van der Waals surface area contributed by atoms with Gasteiger partial charge in [0.15, 0.2) is 11.2 Å². The van der Waals surface area contributed by atoms with Gasteiger partial charge in [0.1, 0.15) is 0 Å². The molecule has 32 heavy (non-hydrogen) atoms. The summed E-state index contributed by atoms with van der Waals surface area (Å²) in [6.07, 6.45) is 11.3. The van der Waals surface area contributed by atoms with Gasteiger partial charge >= 0.3 is 5.69 Å². The Labute approximate surface area is 190 Å². The molecule has 180 valence electrons. The van der Waals surface area contributed by atoms with E-state index in [2.05, 4.69) is 10.3 Å². The molecule has 0 radical (unpaired) electrons. The Balaban J connectivity index is 1.56. The highest BCUT2D eigenvalue weighted by molar-refractivity contribution is 5.81. The van der Waals surface area contributed by atoms with Gasteiger partial charge in [-0.15, -0.1) is 0 Å². The van der Waals surface area contributed by atoms with E-state index < -0.39 is 6.04 Å². The number of aryl methyl sites for hydroxylation is 2. The lowest BCUT2D eigenvalue weighted by atomic mass is 10.0. The molecule has 1 atom stereocenters. The van der Waals surface area contributed by atoms with Gasteiger partial charge in [0.25, 0.3) is 5.56 Å². The first kappa shape index (κ1) is 25.8. The van der Waals surface area contributed by atoms with Crippen molar-refractivity contribution in [3.05, 3.63) is 27.2 Å². The van der Waals surface area contributed by atoms with Gasteiger partial charge in [0.05, 0.1) is 12.4 Å². The molecule has 0 aliphatic carbocycles. The molecular weight excluding hydrogens is 408 g/mol. The predicted octanol–water partition coefficient (Wildman–Crippen LogP) is 2.04. The third-order valence-corrected chi connectivity index (χ3v) is 6.08. The van der Waals surface area contributed by atoms with Crippen LogP contribution in [0.25, 0.3) is 11.2 Å². The van der Waals surface area contributed by atoms with Crippen LogP contribution in [0.3, 0.4) is 0 Å². The van der Waals surface area contributed by atoms with E-state index in [0.717, 1.165) is 38.5 Å². The third kappa shape index (κ3) is 6.79. The molecule has 3 N–H and O–H groups in total. The Bertz CT molecular complexity index is 988. The molecule has 0 fully saturated rings. The molecule has 0 unspecified atom stereocenters. The van der Waals surface area contributed by atoms with E-state index in [1.54, 1.807) is 25.0 Å². The van der Waals surface area contributed by atoms with Crippen molar-refractivity contribution in [2.75, 3.05) is 6.54 Å². The largest absolute Gasteiger partial charge is 0.355 e. The summed E-state index contributed by atoms with van der Waals surface area (Å²) < 4.78 is 4.44. The summed E-state index contributed by atoms with van der Waals surface area (Å²) in [7, 11) is 3.42. The summed E-state index contributed by atoms with van der Waals surface area (Å²) in [5.74, 6) is 0.103. The van der Waals surface area contributed by atoms with Gasteiger partial charge in [-0.05, 0) is 18.8 Å².